The number of aromatic amines is 1. The molecule has 3 aromatic rings. The third-order valence-corrected chi connectivity index (χ3v) is 5.70. The molecule has 1 atom stereocenters. The maximum atomic E-state index is 12.5. The number of hydrogen-bond acceptors (Lipinski definition) is 3. The molecule has 1 saturated carbocycles. The molecule has 0 bridgehead atoms. The number of carbonyl (C=O) groups is 1. The number of benzene rings is 2. The minimum atomic E-state index is -0.106. The smallest absolute Gasteiger partial charge is 0.326 e. The van der Waals surface area contributed by atoms with E-state index in [2.05, 4.69) is 22.4 Å². The van der Waals surface area contributed by atoms with E-state index in [0.29, 0.717) is 31.8 Å². The fraction of sp³-hybridized carbons (Fsp3) is 0.391. The first-order valence-corrected chi connectivity index (χ1v) is 10.2. The number of methoxy groups -OCH3 is 1. The van der Waals surface area contributed by atoms with Gasteiger partial charge in [0, 0.05) is 19.5 Å². The van der Waals surface area contributed by atoms with Crippen LogP contribution in [-0.4, -0.2) is 29.1 Å². The number of nitrogens with one attached hydrogen (secondary N) is 2. The summed E-state index contributed by atoms with van der Waals surface area (Å²) in [5.74, 6) is 1.76. The summed E-state index contributed by atoms with van der Waals surface area (Å²) < 4.78 is 6.96. The quantitative estimate of drug-likeness (QED) is 0.547. The third kappa shape index (κ3) is 4.53. The Morgan fingerprint density at radius 2 is 1.97 bits per heavy atom. The van der Waals surface area contributed by atoms with Crippen molar-refractivity contribution in [3.8, 4) is 5.75 Å². The van der Waals surface area contributed by atoms with Gasteiger partial charge < -0.3 is 15.0 Å². The van der Waals surface area contributed by atoms with Gasteiger partial charge in [-0.25, -0.2) is 4.79 Å². The van der Waals surface area contributed by atoms with Crippen LogP contribution in [-0.2, 0) is 11.3 Å². The first-order valence-electron chi connectivity index (χ1n) is 10.2. The topological polar surface area (TPSA) is 76.1 Å². The molecule has 6 heteroatoms. The van der Waals surface area contributed by atoms with Gasteiger partial charge in [-0.3, -0.25) is 9.36 Å². The van der Waals surface area contributed by atoms with Crippen molar-refractivity contribution < 1.29 is 9.53 Å². The fourth-order valence-electron chi connectivity index (χ4n) is 3.97. The summed E-state index contributed by atoms with van der Waals surface area (Å²) in [6.07, 6.45) is 3.59. The number of ether oxygens (including phenoxy) is 1. The lowest BCUT2D eigenvalue weighted by Crippen LogP contribution is -2.28. The zero-order chi connectivity index (χ0) is 20.2. The van der Waals surface area contributed by atoms with Crippen LogP contribution in [0.15, 0.2) is 53.3 Å². The van der Waals surface area contributed by atoms with Crippen molar-refractivity contribution in [2.45, 2.75) is 38.1 Å². The highest BCUT2D eigenvalue weighted by atomic mass is 16.5. The molecule has 2 N–H and O–H groups in total. The lowest BCUT2D eigenvalue weighted by atomic mass is 9.90. The van der Waals surface area contributed by atoms with E-state index >= 15 is 0 Å². The lowest BCUT2D eigenvalue weighted by molar-refractivity contribution is -0.121. The second-order valence-electron chi connectivity index (χ2n) is 7.72. The summed E-state index contributed by atoms with van der Waals surface area (Å²) in [6.45, 7) is 1.14. The summed E-state index contributed by atoms with van der Waals surface area (Å²) in [4.78, 5) is 27.5. The van der Waals surface area contributed by atoms with Gasteiger partial charge in [0.1, 0.15) is 5.75 Å². The monoisotopic (exact) mass is 393 g/mol. The lowest BCUT2D eigenvalue weighted by Gasteiger charge is -2.17. The molecule has 0 spiro atoms. The predicted molar refractivity (Wildman–Crippen MR) is 113 cm³/mol. The molecule has 1 aliphatic rings. The van der Waals surface area contributed by atoms with E-state index in [1.54, 1.807) is 11.7 Å². The van der Waals surface area contributed by atoms with Gasteiger partial charge in [0.2, 0.25) is 5.91 Å². The van der Waals surface area contributed by atoms with Gasteiger partial charge in [-0.05, 0) is 60.9 Å². The Bertz CT molecular complexity index is 1030. The first-order chi connectivity index (χ1) is 14.2. The normalized spacial score (nSPS) is 14.7. The summed E-state index contributed by atoms with van der Waals surface area (Å²) in [5, 5.41) is 3.03. The highest BCUT2D eigenvalue weighted by molar-refractivity contribution is 5.77. The SMILES string of the molecule is COc1ccc(C(CC(=O)NCCCn2c(=O)[nH]c3ccccc32)C2CC2)cc1. The van der Waals surface area contributed by atoms with Crippen LogP contribution in [0.3, 0.4) is 0 Å². The molecule has 0 saturated heterocycles. The average molecular weight is 393 g/mol. The van der Waals surface area contributed by atoms with E-state index < -0.39 is 0 Å². The van der Waals surface area contributed by atoms with E-state index in [-0.39, 0.29) is 17.5 Å². The van der Waals surface area contributed by atoms with Gasteiger partial charge in [-0.1, -0.05) is 24.3 Å². The molecule has 152 valence electrons. The number of hydrogen-bond donors (Lipinski definition) is 2. The number of H-pyrrole nitrogens is 1. The predicted octanol–water partition coefficient (Wildman–Crippen LogP) is 3.43. The Labute approximate surface area is 169 Å². The van der Waals surface area contributed by atoms with Gasteiger partial charge in [0.05, 0.1) is 18.1 Å². The van der Waals surface area contributed by atoms with Crippen molar-refractivity contribution in [2.75, 3.05) is 13.7 Å². The van der Waals surface area contributed by atoms with Crippen molar-refractivity contribution >= 4 is 16.9 Å². The molecular formula is C23H27N3O3. The van der Waals surface area contributed by atoms with E-state index in [9.17, 15) is 9.59 Å². The molecule has 2 aromatic carbocycles. The van der Waals surface area contributed by atoms with Gasteiger partial charge in [0.25, 0.3) is 0 Å². The van der Waals surface area contributed by atoms with Gasteiger partial charge in [-0.2, -0.15) is 0 Å². The van der Waals surface area contributed by atoms with Crippen LogP contribution in [0.1, 0.15) is 37.2 Å². The molecule has 0 aliphatic heterocycles. The Balaban J connectivity index is 1.29. The van der Waals surface area contributed by atoms with Crippen LogP contribution in [0.5, 0.6) is 5.75 Å². The number of fused-ring (bicyclic) bond motifs is 1. The molecule has 6 nitrogen and oxygen atoms in total. The summed E-state index contributed by atoms with van der Waals surface area (Å²) in [7, 11) is 1.66. The number of imidazole rings is 1. The molecule has 29 heavy (non-hydrogen) atoms. The number of amides is 1. The Morgan fingerprint density at radius 1 is 1.21 bits per heavy atom. The standard InChI is InChI=1S/C23H27N3O3/c1-29-18-11-9-17(10-12-18)19(16-7-8-16)15-22(27)24-13-4-14-26-21-6-3-2-5-20(21)25-23(26)28/h2-3,5-6,9-12,16,19H,4,7-8,13-15H2,1H3,(H,24,27)(H,25,28). The molecule has 4 rings (SSSR count). The van der Waals surface area contributed by atoms with Gasteiger partial charge >= 0.3 is 5.69 Å². The number of carbonyl (C=O) groups excluding carboxylic acids is 1. The summed E-state index contributed by atoms with van der Waals surface area (Å²) in [5.41, 5.74) is 2.84. The average Bonchev–Trinajstić information content (AvgIpc) is 3.53. The van der Waals surface area contributed by atoms with E-state index in [4.69, 9.17) is 4.74 Å². The second kappa shape index (κ2) is 8.55. The molecule has 1 heterocycles. The summed E-state index contributed by atoms with van der Waals surface area (Å²) >= 11 is 0. The Morgan fingerprint density at radius 3 is 2.69 bits per heavy atom. The van der Waals surface area contributed by atoms with Crippen LogP contribution in [0.2, 0.25) is 0 Å². The summed E-state index contributed by atoms with van der Waals surface area (Å²) in [6, 6.07) is 15.7. The van der Waals surface area contributed by atoms with Crippen molar-refractivity contribution in [3.63, 3.8) is 0 Å². The molecule has 1 amide bonds. The zero-order valence-corrected chi connectivity index (χ0v) is 16.7. The fourth-order valence-corrected chi connectivity index (χ4v) is 3.97. The number of rotatable bonds is 9. The van der Waals surface area contributed by atoms with Gasteiger partial charge in [0.15, 0.2) is 0 Å². The number of aromatic nitrogens is 2. The maximum Gasteiger partial charge on any atom is 0.326 e. The molecule has 1 aromatic heterocycles. The van der Waals surface area contributed by atoms with E-state index in [1.807, 2.05) is 36.4 Å². The molecule has 1 fully saturated rings. The number of nitrogens with zero attached hydrogens (tertiary/aromatic N) is 1. The molecular weight excluding hydrogens is 366 g/mol. The molecule has 1 aliphatic carbocycles. The van der Waals surface area contributed by atoms with E-state index in [0.717, 1.165) is 16.8 Å². The number of para-hydroxylation sites is 2. The van der Waals surface area contributed by atoms with Crippen molar-refractivity contribution in [1.29, 1.82) is 0 Å². The van der Waals surface area contributed by atoms with Crippen molar-refractivity contribution in [3.05, 3.63) is 64.6 Å². The van der Waals surface area contributed by atoms with Crippen molar-refractivity contribution in [1.82, 2.24) is 14.9 Å². The highest BCUT2D eigenvalue weighted by Gasteiger charge is 2.33. The minimum absolute atomic E-state index is 0.0731. The van der Waals surface area contributed by atoms with Gasteiger partial charge in [-0.15, -0.1) is 0 Å². The highest BCUT2D eigenvalue weighted by Crippen LogP contribution is 2.44. The van der Waals surface area contributed by atoms with E-state index in [1.165, 1.54) is 18.4 Å². The maximum absolute atomic E-state index is 12.5. The van der Waals surface area contributed by atoms with Crippen LogP contribution in [0.25, 0.3) is 11.0 Å². The Kier molecular flexibility index (Phi) is 5.69. The molecule has 0 radical (unpaired) electrons. The molecule has 1 unspecified atom stereocenters. The van der Waals surface area contributed by atoms with Crippen LogP contribution < -0.4 is 15.7 Å². The third-order valence-electron chi connectivity index (χ3n) is 5.70. The van der Waals surface area contributed by atoms with Crippen molar-refractivity contribution in [2.24, 2.45) is 5.92 Å². The number of aryl methyl sites for hydroxylation is 1. The largest absolute Gasteiger partial charge is 0.497 e. The van der Waals surface area contributed by atoms with Crippen LogP contribution in [0.4, 0.5) is 0 Å². The Hall–Kier alpha value is -3.02. The minimum Gasteiger partial charge on any atom is -0.497 e. The zero-order valence-electron chi connectivity index (χ0n) is 16.7. The second-order valence-corrected chi connectivity index (χ2v) is 7.72. The van der Waals surface area contributed by atoms with Crippen LogP contribution in [0, 0.1) is 5.92 Å². The first kappa shape index (κ1) is 19.3. The van der Waals surface area contributed by atoms with Crippen LogP contribution >= 0.6 is 0 Å².